The Kier molecular flexibility index (Phi) is 2.26. The molecule has 0 bridgehead atoms. The number of hydrogen-bond acceptors (Lipinski definition) is 2. The molecule has 0 spiro atoms. The summed E-state index contributed by atoms with van der Waals surface area (Å²) in [4.78, 5) is 0. The first kappa shape index (κ1) is 9.23. The molecular weight excluding hydrogens is 174 g/mol. The van der Waals surface area contributed by atoms with Crippen molar-refractivity contribution in [3.8, 4) is 6.07 Å². The molecule has 1 heterocycles. The van der Waals surface area contributed by atoms with Crippen LogP contribution in [0.3, 0.4) is 0 Å². The van der Waals surface area contributed by atoms with Crippen molar-refractivity contribution in [1.29, 1.82) is 5.26 Å². The topological polar surface area (TPSA) is 33.0 Å². The number of benzene rings is 1. The second kappa shape index (κ2) is 3.43. The molecule has 2 nitrogen and oxygen atoms in total. The molecule has 1 fully saturated rings. The molecule has 0 N–H and O–H groups in total. The molecule has 2 heteroatoms. The minimum atomic E-state index is -0.397. The van der Waals surface area contributed by atoms with Gasteiger partial charge in [0, 0.05) is 6.61 Å². The number of nitrogens with zero attached hydrogens (tertiary/aromatic N) is 1. The van der Waals surface area contributed by atoms with E-state index in [0.29, 0.717) is 13.2 Å². The summed E-state index contributed by atoms with van der Waals surface area (Å²) in [5, 5.41) is 9.23. The van der Waals surface area contributed by atoms with Gasteiger partial charge in [-0.1, -0.05) is 29.8 Å². The number of rotatable bonds is 1. The fraction of sp³-hybridized carbons (Fsp3) is 0.417. The first-order valence-corrected chi connectivity index (χ1v) is 4.83. The number of ether oxygens (including phenoxy) is 1. The van der Waals surface area contributed by atoms with Gasteiger partial charge in [-0.3, -0.25) is 0 Å². The number of nitriles is 1. The fourth-order valence-electron chi connectivity index (χ4n) is 1.89. The molecule has 14 heavy (non-hydrogen) atoms. The van der Waals surface area contributed by atoms with E-state index in [-0.39, 0.29) is 0 Å². The van der Waals surface area contributed by atoms with Crippen LogP contribution in [0.4, 0.5) is 0 Å². The van der Waals surface area contributed by atoms with Gasteiger partial charge in [0.15, 0.2) is 0 Å². The molecule has 0 unspecified atom stereocenters. The predicted molar refractivity (Wildman–Crippen MR) is 53.9 cm³/mol. The second-order valence-corrected chi connectivity index (χ2v) is 3.87. The Balaban J connectivity index is 2.42. The van der Waals surface area contributed by atoms with Crippen LogP contribution in [0.15, 0.2) is 24.3 Å². The Bertz CT molecular complexity index is 372. The normalized spacial score (nSPS) is 26.0. The molecule has 72 valence electrons. The van der Waals surface area contributed by atoms with Crippen LogP contribution in [-0.2, 0) is 10.2 Å². The highest BCUT2D eigenvalue weighted by atomic mass is 16.5. The lowest BCUT2D eigenvalue weighted by Gasteiger charge is -2.19. The first-order valence-electron chi connectivity index (χ1n) is 4.83. The van der Waals surface area contributed by atoms with E-state index in [2.05, 4.69) is 12.1 Å². The van der Waals surface area contributed by atoms with Crippen molar-refractivity contribution in [2.75, 3.05) is 13.2 Å². The molecular formula is C12H13NO. The minimum Gasteiger partial charge on any atom is -0.379 e. The summed E-state index contributed by atoms with van der Waals surface area (Å²) in [6, 6.07) is 10.5. The summed E-state index contributed by atoms with van der Waals surface area (Å²) in [5.41, 5.74) is 1.90. The van der Waals surface area contributed by atoms with Crippen LogP contribution in [0.25, 0.3) is 0 Å². The summed E-state index contributed by atoms with van der Waals surface area (Å²) in [5.74, 6) is 0. The van der Waals surface area contributed by atoms with Crippen molar-refractivity contribution in [2.24, 2.45) is 0 Å². The summed E-state index contributed by atoms with van der Waals surface area (Å²) in [6.45, 7) is 3.28. The van der Waals surface area contributed by atoms with E-state index in [4.69, 9.17) is 4.74 Å². The summed E-state index contributed by atoms with van der Waals surface area (Å²) in [6.07, 6.45) is 0.812. The smallest absolute Gasteiger partial charge is 0.108 e. The highest BCUT2D eigenvalue weighted by molar-refractivity contribution is 5.36. The zero-order chi connectivity index (χ0) is 10.0. The monoisotopic (exact) mass is 187 g/mol. The van der Waals surface area contributed by atoms with Gasteiger partial charge in [0.25, 0.3) is 0 Å². The first-order chi connectivity index (χ1) is 6.77. The SMILES string of the molecule is Cc1cccc([C@]2(C#N)CCOC2)c1. The quantitative estimate of drug-likeness (QED) is 0.675. The van der Waals surface area contributed by atoms with Crippen molar-refractivity contribution in [3.63, 3.8) is 0 Å². The zero-order valence-electron chi connectivity index (χ0n) is 8.29. The Morgan fingerprint density at radius 3 is 2.93 bits per heavy atom. The third-order valence-electron chi connectivity index (χ3n) is 2.81. The van der Waals surface area contributed by atoms with E-state index in [1.54, 1.807) is 0 Å². The van der Waals surface area contributed by atoms with E-state index < -0.39 is 5.41 Å². The van der Waals surface area contributed by atoms with Crippen molar-refractivity contribution in [3.05, 3.63) is 35.4 Å². The van der Waals surface area contributed by atoms with Gasteiger partial charge < -0.3 is 4.74 Å². The number of hydrogen-bond donors (Lipinski definition) is 0. The third kappa shape index (κ3) is 1.40. The van der Waals surface area contributed by atoms with E-state index in [1.165, 1.54) is 5.56 Å². The molecule has 1 saturated heterocycles. The van der Waals surface area contributed by atoms with Gasteiger partial charge in [-0.2, -0.15) is 5.26 Å². The van der Waals surface area contributed by atoms with Crippen LogP contribution < -0.4 is 0 Å². The molecule has 1 aromatic rings. The Labute approximate surface area is 84.1 Å². The highest BCUT2D eigenvalue weighted by Crippen LogP contribution is 2.32. The van der Waals surface area contributed by atoms with Crippen LogP contribution in [0.1, 0.15) is 17.5 Å². The van der Waals surface area contributed by atoms with E-state index in [0.717, 1.165) is 12.0 Å². The summed E-state index contributed by atoms with van der Waals surface area (Å²) >= 11 is 0. The highest BCUT2D eigenvalue weighted by Gasteiger charge is 2.36. The van der Waals surface area contributed by atoms with Crippen molar-refractivity contribution in [1.82, 2.24) is 0 Å². The third-order valence-corrected chi connectivity index (χ3v) is 2.81. The van der Waals surface area contributed by atoms with Crippen molar-refractivity contribution < 1.29 is 4.74 Å². The summed E-state index contributed by atoms with van der Waals surface area (Å²) < 4.78 is 5.32. The van der Waals surface area contributed by atoms with Crippen LogP contribution in [0, 0.1) is 18.3 Å². The van der Waals surface area contributed by atoms with Crippen molar-refractivity contribution >= 4 is 0 Å². The van der Waals surface area contributed by atoms with Gasteiger partial charge in [0.2, 0.25) is 0 Å². The lowest BCUT2D eigenvalue weighted by atomic mass is 9.81. The Morgan fingerprint density at radius 1 is 1.50 bits per heavy atom. The molecule has 0 saturated carbocycles. The van der Waals surface area contributed by atoms with Crippen LogP contribution in [0.5, 0.6) is 0 Å². The zero-order valence-corrected chi connectivity index (χ0v) is 8.29. The average molecular weight is 187 g/mol. The fourth-order valence-corrected chi connectivity index (χ4v) is 1.89. The van der Waals surface area contributed by atoms with Gasteiger partial charge in [-0.05, 0) is 18.9 Å². The maximum Gasteiger partial charge on any atom is 0.108 e. The van der Waals surface area contributed by atoms with Gasteiger partial charge in [0.05, 0.1) is 12.7 Å². The second-order valence-electron chi connectivity index (χ2n) is 3.87. The van der Waals surface area contributed by atoms with E-state index in [9.17, 15) is 5.26 Å². The standard InChI is InChI=1S/C12H13NO/c1-10-3-2-4-11(7-10)12(8-13)5-6-14-9-12/h2-4,7H,5-6,9H2,1H3/t12-/m0/s1. The van der Waals surface area contributed by atoms with E-state index in [1.807, 2.05) is 25.1 Å². The van der Waals surface area contributed by atoms with Gasteiger partial charge in [-0.25, -0.2) is 0 Å². The van der Waals surface area contributed by atoms with Gasteiger partial charge in [0.1, 0.15) is 5.41 Å². The van der Waals surface area contributed by atoms with Crippen LogP contribution >= 0.6 is 0 Å². The van der Waals surface area contributed by atoms with Crippen LogP contribution in [0.2, 0.25) is 0 Å². The van der Waals surface area contributed by atoms with Crippen LogP contribution in [-0.4, -0.2) is 13.2 Å². The molecule has 0 aliphatic carbocycles. The number of aryl methyl sites for hydroxylation is 1. The van der Waals surface area contributed by atoms with Crippen molar-refractivity contribution in [2.45, 2.75) is 18.8 Å². The Hall–Kier alpha value is -1.33. The molecule has 0 radical (unpaired) electrons. The van der Waals surface area contributed by atoms with Gasteiger partial charge in [-0.15, -0.1) is 0 Å². The average Bonchev–Trinajstić information content (AvgIpc) is 2.67. The molecule has 1 aromatic carbocycles. The molecule has 1 atom stereocenters. The molecule has 1 aliphatic rings. The van der Waals surface area contributed by atoms with E-state index >= 15 is 0 Å². The lowest BCUT2D eigenvalue weighted by molar-refractivity contribution is 0.186. The molecule has 0 amide bonds. The Morgan fingerprint density at radius 2 is 2.36 bits per heavy atom. The predicted octanol–water partition coefficient (Wildman–Crippen LogP) is 2.18. The molecule has 1 aliphatic heterocycles. The summed E-state index contributed by atoms with van der Waals surface area (Å²) in [7, 11) is 0. The minimum absolute atomic E-state index is 0.397. The largest absolute Gasteiger partial charge is 0.379 e. The molecule has 2 rings (SSSR count). The molecule has 0 aromatic heterocycles. The van der Waals surface area contributed by atoms with Gasteiger partial charge >= 0.3 is 0 Å². The maximum absolute atomic E-state index is 9.23. The maximum atomic E-state index is 9.23. The lowest BCUT2D eigenvalue weighted by Crippen LogP contribution is -2.24.